The highest BCUT2D eigenvalue weighted by Gasteiger charge is 2.90. The minimum absolute atomic E-state index is 0.631. The quantitative estimate of drug-likeness (QED) is 0.0521. The fourth-order valence-electron chi connectivity index (χ4n) is 5.73. The summed E-state index contributed by atoms with van der Waals surface area (Å²) < 4.78 is 1190. The van der Waals surface area contributed by atoms with Gasteiger partial charge in [-0.2, -0.15) is 351 Å². The average Bonchev–Trinajstić information content (AvgIpc) is 0.708. The molecule has 0 aliphatic heterocycles. The van der Waals surface area contributed by atoms with E-state index >= 15 is 0 Å². The zero-order chi connectivity index (χ0) is 122. The van der Waals surface area contributed by atoms with Gasteiger partial charge in [-0.1, -0.05) is 0 Å². The van der Waals surface area contributed by atoms with E-state index in [-0.39, 0.29) is 0 Å². The molecule has 0 atom stereocenters. The van der Waals surface area contributed by atoms with Crippen molar-refractivity contribution in [1.82, 2.24) is 0 Å². The van der Waals surface area contributed by atoms with Gasteiger partial charge in [0, 0.05) is 0 Å². The fourth-order valence-corrected chi connectivity index (χ4v) is 5.73. The van der Waals surface area contributed by atoms with E-state index < -0.39 is 257 Å². The van der Waals surface area contributed by atoms with Gasteiger partial charge in [0.05, 0.1) is 0 Å². The van der Waals surface area contributed by atoms with Crippen LogP contribution < -0.4 is 0 Å². The van der Waals surface area contributed by atoms with E-state index in [0.29, 0.717) is 52.1 Å². The molecule has 0 N–H and O–H groups in total. The number of rotatable bonds is 60. The Kier molecular flexibility index (Phi) is 37.3. The summed E-state index contributed by atoms with van der Waals surface area (Å²) in [6.07, 6.45) is -374. The average molecular weight is 2470 g/mol. The molecule has 0 saturated heterocycles. The first-order valence-electron chi connectivity index (χ1n) is 29.8. The normalized spacial score (nSPS) is 17.0. The van der Waals surface area contributed by atoms with Crippen molar-refractivity contribution in [2.75, 3.05) is 0 Å². The lowest BCUT2D eigenvalue weighted by Crippen LogP contribution is -2.63. The van der Waals surface area contributed by atoms with Gasteiger partial charge in [0.25, 0.3) is 0 Å². The van der Waals surface area contributed by atoms with Crippen molar-refractivity contribution >= 4 is 0 Å². The minimum atomic E-state index is -9.28. The van der Waals surface area contributed by atoms with Crippen LogP contribution in [0.3, 0.4) is 0 Å². The summed E-state index contributed by atoms with van der Waals surface area (Å²) in [5.74, 6) is 0. The Hall–Kier alpha value is -6.86. The smallest absolute Gasteiger partial charge is 0.241 e. The van der Waals surface area contributed by atoms with Gasteiger partial charge in [-0.3, -0.25) is 0 Å². The summed E-state index contributed by atoms with van der Waals surface area (Å²) >= 11 is 0. The highest BCUT2D eigenvalue weighted by Crippen LogP contribution is 2.64. The van der Waals surface area contributed by atoms with Crippen molar-refractivity contribution in [2.45, 2.75) is 257 Å². The zero-order valence-corrected chi connectivity index (χ0v) is 62.1. The first-order chi connectivity index (χ1) is 62.8. The Labute approximate surface area is 735 Å². The third-order valence-electron chi connectivity index (χ3n) is 12.1. The molecule has 0 rings (SSSR count). The molecule has 0 heterocycles. The Morgan fingerprint density at radius 2 is 0.0738 bits per heavy atom. The van der Waals surface area contributed by atoms with E-state index in [4.69, 9.17) is 0 Å². The molecule has 0 aromatic carbocycles. The topological polar surface area (TPSA) is 194 Å². The van der Waals surface area contributed by atoms with E-state index in [9.17, 15) is 378 Å². The van der Waals surface area contributed by atoms with Crippen LogP contribution in [0.5, 0.6) is 0 Å². The van der Waals surface area contributed by atoms with Gasteiger partial charge < -0.3 is 0 Å². The number of alkyl halides is 86. The van der Waals surface area contributed by atoms with Gasteiger partial charge in [-0.25, -0.2) is 99.5 Å². The number of halogens is 86. The molecule has 0 spiro atoms. The number of hydrogen-bond donors (Lipinski definition) is 0. The first-order valence-corrected chi connectivity index (χ1v) is 29.8. The van der Waals surface area contributed by atoms with E-state index in [1.165, 1.54) is 0 Å². The molecule has 896 valence electrons. The Balaban J connectivity index is 6.95. The Bertz CT molecular complexity index is 3900. The summed E-state index contributed by atoms with van der Waals surface area (Å²) in [6, 6.07) is 0. The molecule has 0 amide bonds. The Morgan fingerprint density at radius 3 is 0.101 bits per heavy atom. The minimum Gasteiger partial charge on any atom is -0.241 e. The molecule has 0 fully saturated rings. The van der Waals surface area contributed by atoms with Gasteiger partial charge in [0.15, 0.2) is 0 Å². The van der Waals surface area contributed by atoms with Gasteiger partial charge in [-0.05, 0) is 0 Å². The summed E-state index contributed by atoms with van der Waals surface area (Å²) in [5.41, 5.74) is 0. The molecule has 0 aliphatic rings. The highest BCUT2D eigenvalue weighted by molar-refractivity contribution is 4.91. The molecule has 0 aromatic rings. The summed E-state index contributed by atoms with van der Waals surface area (Å²) in [7, 11) is 0. The van der Waals surface area contributed by atoms with Gasteiger partial charge in [0.2, 0.25) is 0 Å². The third kappa shape index (κ3) is 30.5. The van der Waals surface area contributed by atoms with Crippen LogP contribution in [0, 0.1) is 0 Å². The second kappa shape index (κ2) is 39.1. The Morgan fingerprint density at radius 1 is 0.0470 bits per heavy atom. The van der Waals surface area contributed by atoms with Crippen molar-refractivity contribution in [2.24, 2.45) is 0 Å². The summed E-state index contributed by atoms with van der Waals surface area (Å²) in [6.45, 7) is 0. The number of ether oxygens (including phenoxy) is 21. The van der Waals surface area contributed by atoms with E-state index in [1.54, 1.807) is 0 Å². The lowest BCUT2D eigenvalue weighted by atomic mass is 10.4. The standard InChI is InChI=1S/C42F86O21/c43-1(44,3(47,48)130-5(51,52)7(55,56)132-9(59,60)11(63,64)134-13(67,68)15(71,72)136-17(75,76)19(79,80)138-21(83,84)23(87,88)140-25(91,92)27(95,96)142-29(99,100)31(103,104)144-33(107,108)35(111,112)146-37(115,116)39(119,120)148-41(123,124)125)129-2(45,46)4(49,50)131-6(53,54)8(57,58)133-10(61,62)12(65,66)135-14(69,70)16(73,74)137-18(77,78)20(81,82)139-22(85,86)24(89,90)141-26(93,94)28(97,98)143-30(101,102)32(105,106)145-34(109,110)36(113,114)147-38(117,118)40(121,122)149-42(126,127)128. The molecule has 149 heavy (non-hydrogen) atoms. The van der Waals surface area contributed by atoms with E-state index in [1.807, 2.05) is 0 Å². The maximum absolute atomic E-state index is 14.0. The van der Waals surface area contributed by atoms with Crippen molar-refractivity contribution in [3.05, 3.63) is 0 Å². The molecular weight excluding hydrogens is 2470 g/mol. The molecule has 107 heteroatoms. The van der Waals surface area contributed by atoms with Crippen molar-refractivity contribution in [3.63, 3.8) is 0 Å². The van der Waals surface area contributed by atoms with Gasteiger partial charge >= 0.3 is 257 Å². The predicted octanol–water partition coefficient (Wildman–Crippen LogP) is 26.1. The van der Waals surface area contributed by atoms with Crippen LogP contribution in [-0.4, -0.2) is 257 Å². The maximum Gasteiger partial charge on any atom is 0.527 e. The van der Waals surface area contributed by atoms with Crippen LogP contribution >= 0.6 is 0 Å². The molecule has 0 aliphatic carbocycles. The van der Waals surface area contributed by atoms with Crippen LogP contribution in [0.25, 0.3) is 0 Å². The molecular formula is C42F86O21. The molecule has 21 nitrogen and oxygen atoms in total. The van der Waals surface area contributed by atoms with Crippen molar-refractivity contribution < 1.29 is 477 Å². The predicted molar refractivity (Wildman–Crippen MR) is 233 cm³/mol. The fraction of sp³-hybridized carbons (Fsp3) is 1.00. The number of hydrogen-bond acceptors (Lipinski definition) is 21. The monoisotopic (exact) mass is 2470 g/mol. The van der Waals surface area contributed by atoms with Crippen LogP contribution in [0.4, 0.5) is 378 Å². The van der Waals surface area contributed by atoms with E-state index in [0.717, 1.165) is 47.4 Å². The zero-order valence-electron chi connectivity index (χ0n) is 62.1. The largest absolute Gasteiger partial charge is 0.527 e. The maximum atomic E-state index is 14.0. The first kappa shape index (κ1) is 142. The lowest BCUT2D eigenvalue weighted by molar-refractivity contribution is -0.608. The highest BCUT2D eigenvalue weighted by atomic mass is 19.5. The molecule has 0 saturated carbocycles. The molecule has 0 aromatic heterocycles. The van der Waals surface area contributed by atoms with Gasteiger partial charge in [0.1, 0.15) is 0 Å². The van der Waals surface area contributed by atoms with Crippen LogP contribution in [0.1, 0.15) is 0 Å². The SMILES string of the molecule is FC(F)(F)OC(F)(F)C(F)(F)OC(F)(F)C(F)(F)OC(F)(F)C(F)(F)OC(F)(F)C(F)(F)OC(F)(F)C(F)(F)OC(F)(F)C(F)(F)OC(F)(F)C(F)(F)OC(F)(F)C(F)(F)OC(F)(F)C(F)(F)OC(F)(F)C(F)(F)OC(F)(F)C(F)(F)OC(F)(F)C(F)(F)OC(F)(F)C(F)(F)OC(F)(F)C(F)(F)OC(F)(F)C(F)(F)OC(F)(F)C(F)(F)OC(F)(F)C(F)(F)OC(F)(F)C(F)(F)OC(F)(F)C(F)(F)OC(F)(F)C(F)(F)OC(F)(F)F. The van der Waals surface area contributed by atoms with Crippen molar-refractivity contribution in [3.8, 4) is 0 Å². The van der Waals surface area contributed by atoms with Crippen LogP contribution in [0.15, 0.2) is 0 Å². The summed E-state index contributed by atoms with van der Waals surface area (Å²) in [5, 5.41) is 0. The van der Waals surface area contributed by atoms with Crippen LogP contribution in [0.2, 0.25) is 0 Å². The second-order valence-electron chi connectivity index (χ2n) is 23.7. The third-order valence-corrected chi connectivity index (χ3v) is 12.1. The second-order valence-corrected chi connectivity index (χ2v) is 23.7. The lowest BCUT2D eigenvalue weighted by Gasteiger charge is -2.38. The molecule has 0 radical (unpaired) electrons. The van der Waals surface area contributed by atoms with Crippen molar-refractivity contribution in [1.29, 1.82) is 0 Å². The molecule has 0 bridgehead atoms. The van der Waals surface area contributed by atoms with Crippen LogP contribution in [-0.2, 0) is 99.5 Å². The molecule has 0 unspecified atom stereocenters. The van der Waals surface area contributed by atoms with E-state index in [2.05, 4.69) is 0 Å². The summed E-state index contributed by atoms with van der Waals surface area (Å²) in [4.78, 5) is 0. The van der Waals surface area contributed by atoms with Gasteiger partial charge in [-0.15, -0.1) is 26.3 Å².